The normalized spacial score (nSPS) is 15.2. The lowest BCUT2D eigenvalue weighted by molar-refractivity contribution is 0.626. The van der Waals surface area contributed by atoms with E-state index in [9.17, 15) is 4.39 Å². The molecule has 0 unspecified atom stereocenters. The number of halogens is 2. The number of hydrogen-bond donors (Lipinski definition) is 1. The number of anilines is 2. The van der Waals surface area contributed by atoms with Gasteiger partial charge in [0.15, 0.2) is 11.6 Å². The third-order valence-corrected chi connectivity index (χ3v) is 5.05. The first kappa shape index (κ1) is 14.5. The fourth-order valence-corrected chi connectivity index (χ4v) is 3.90. The maximum absolute atomic E-state index is 14.3. The van der Waals surface area contributed by atoms with E-state index in [1.807, 2.05) is 6.07 Å². The van der Waals surface area contributed by atoms with Crippen LogP contribution in [0.1, 0.15) is 40.7 Å². The van der Waals surface area contributed by atoms with Crippen LogP contribution in [0.15, 0.2) is 12.1 Å². The molecule has 5 heteroatoms. The number of nitrogens with zero attached hydrogens (tertiary/aromatic N) is 2. The number of fused-ring (bicyclic) bond motifs is 2. The molecule has 0 radical (unpaired) electrons. The molecule has 0 bridgehead atoms. The van der Waals surface area contributed by atoms with Gasteiger partial charge in [-0.25, -0.2) is 9.37 Å². The summed E-state index contributed by atoms with van der Waals surface area (Å²) in [5, 5.41) is 12.1. The largest absolute Gasteiger partial charge is 0.337 e. The van der Waals surface area contributed by atoms with Crippen molar-refractivity contribution in [1.29, 1.82) is 5.26 Å². The van der Waals surface area contributed by atoms with Crippen molar-refractivity contribution in [3.63, 3.8) is 0 Å². The standard InChI is InChI=1S/C18H15ClFN3/c19-17-12(9-21)8-15(20)18(23-17)22-16-13-5-1-3-10(13)7-11-4-2-6-14(11)16/h7-8H,1-6H2,(H,22,23). The molecule has 1 aromatic heterocycles. The van der Waals surface area contributed by atoms with E-state index in [0.717, 1.165) is 50.3 Å². The Hall–Kier alpha value is -2.12. The Balaban J connectivity index is 1.82. The summed E-state index contributed by atoms with van der Waals surface area (Å²) in [5.74, 6) is -0.448. The summed E-state index contributed by atoms with van der Waals surface area (Å²) in [6.07, 6.45) is 6.46. The van der Waals surface area contributed by atoms with Crippen LogP contribution in [0.2, 0.25) is 5.15 Å². The van der Waals surface area contributed by atoms with Gasteiger partial charge < -0.3 is 5.32 Å². The number of rotatable bonds is 2. The first-order chi connectivity index (χ1) is 11.2. The number of nitriles is 1. The molecule has 1 heterocycles. The maximum Gasteiger partial charge on any atom is 0.168 e. The zero-order chi connectivity index (χ0) is 16.0. The third-order valence-electron chi connectivity index (χ3n) is 4.77. The topological polar surface area (TPSA) is 48.7 Å². The van der Waals surface area contributed by atoms with Gasteiger partial charge in [-0.1, -0.05) is 17.7 Å². The molecule has 2 aliphatic carbocycles. The summed E-state index contributed by atoms with van der Waals surface area (Å²) in [6, 6.07) is 5.31. The fraction of sp³-hybridized carbons (Fsp3) is 0.333. The average Bonchev–Trinajstić information content (AvgIpc) is 3.18. The van der Waals surface area contributed by atoms with E-state index in [0.29, 0.717) is 0 Å². The van der Waals surface area contributed by atoms with E-state index in [-0.39, 0.29) is 16.5 Å². The van der Waals surface area contributed by atoms with E-state index < -0.39 is 5.82 Å². The van der Waals surface area contributed by atoms with E-state index >= 15 is 0 Å². The van der Waals surface area contributed by atoms with E-state index in [1.54, 1.807) is 0 Å². The smallest absolute Gasteiger partial charge is 0.168 e. The van der Waals surface area contributed by atoms with Gasteiger partial charge in [0.2, 0.25) is 0 Å². The van der Waals surface area contributed by atoms with Gasteiger partial charge in [-0.2, -0.15) is 5.26 Å². The van der Waals surface area contributed by atoms with Crippen LogP contribution in [0, 0.1) is 17.1 Å². The van der Waals surface area contributed by atoms with Gasteiger partial charge in [0.25, 0.3) is 0 Å². The van der Waals surface area contributed by atoms with Crippen LogP contribution in [0.3, 0.4) is 0 Å². The first-order valence-electron chi connectivity index (χ1n) is 7.87. The van der Waals surface area contributed by atoms with Crippen LogP contribution >= 0.6 is 11.6 Å². The number of aryl methyl sites for hydroxylation is 2. The minimum absolute atomic E-state index is 0.0284. The first-order valence-corrected chi connectivity index (χ1v) is 8.25. The van der Waals surface area contributed by atoms with Crippen molar-refractivity contribution < 1.29 is 4.39 Å². The second kappa shape index (κ2) is 5.50. The van der Waals surface area contributed by atoms with E-state index in [1.165, 1.54) is 22.3 Å². The molecule has 0 fully saturated rings. The van der Waals surface area contributed by atoms with Gasteiger partial charge in [0.1, 0.15) is 11.2 Å². The number of hydrogen-bond acceptors (Lipinski definition) is 3. The third kappa shape index (κ3) is 2.36. The van der Waals surface area contributed by atoms with Crippen LogP contribution in [-0.2, 0) is 25.7 Å². The van der Waals surface area contributed by atoms with Crippen molar-refractivity contribution in [2.45, 2.75) is 38.5 Å². The monoisotopic (exact) mass is 327 g/mol. The van der Waals surface area contributed by atoms with Crippen molar-refractivity contribution in [2.24, 2.45) is 0 Å². The molecule has 0 amide bonds. The summed E-state index contributed by atoms with van der Waals surface area (Å²) < 4.78 is 14.3. The predicted octanol–water partition coefficient (Wildman–Crippen LogP) is 4.47. The van der Waals surface area contributed by atoms with Crippen LogP contribution < -0.4 is 5.32 Å². The van der Waals surface area contributed by atoms with Gasteiger partial charge in [-0.15, -0.1) is 0 Å². The Labute approximate surface area is 139 Å². The minimum atomic E-state index is -0.548. The molecular weight excluding hydrogens is 313 g/mol. The molecule has 0 spiro atoms. The summed E-state index contributed by atoms with van der Waals surface area (Å²) >= 11 is 5.96. The summed E-state index contributed by atoms with van der Waals surface area (Å²) in [7, 11) is 0. The summed E-state index contributed by atoms with van der Waals surface area (Å²) in [6.45, 7) is 0. The molecule has 0 saturated heterocycles. The highest BCUT2D eigenvalue weighted by atomic mass is 35.5. The summed E-state index contributed by atoms with van der Waals surface area (Å²) in [4.78, 5) is 4.05. The molecule has 2 aliphatic rings. The number of aromatic nitrogens is 1. The SMILES string of the molecule is N#Cc1cc(F)c(Nc2c3c(cc4c2CCC4)CCC3)nc1Cl. The predicted molar refractivity (Wildman–Crippen MR) is 87.7 cm³/mol. The summed E-state index contributed by atoms with van der Waals surface area (Å²) in [5.41, 5.74) is 6.37. The van der Waals surface area contributed by atoms with Crippen molar-refractivity contribution in [3.8, 4) is 6.07 Å². The van der Waals surface area contributed by atoms with Crippen LogP contribution in [-0.4, -0.2) is 4.98 Å². The van der Waals surface area contributed by atoms with Crippen LogP contribution in [0.4, 0.5) is 15.9 Å². The van der Waals surface area contributed by atoms with Gasteiger partial charge in [0.05, 0.1) is 5.56 Å². The van der Waals surface area contributed by atoms with Crippen LogP contribution in [0.25, 0.3) is 0 Å². The Morgan fingerprint density at radius 3 is 2.35 bits per heavy atom. The second-order valence-electron chi connectivity index (χ2n) is 6.13. The van der Waals surface area contributed by atoms with Crippen molar-refractivity contribution in [1.82, 2.24) is 4.98 Å². The molecule has 0 atom stereocenters. The number of benzene rings is 1. The average molecular weight is 328 g/mol. The highest BCUT2D eigenvalue weighted by molar-refractivity contribution is 6.30. The quantitative estimate of drug-likeness (QED) is 0.828. The number of nitrogens with one attached hydrogen (secondary N) is 1. The van der Waals surface area contributed by atoms with Gasteiger partial charge in [-0.3, -0.25) is 0 Å². The second-order valence-corrected chi connectivity index (χ2v) is 6.49. The molecule has 1 N–H and O–H groups in total. The molecular formula is C18H15ClFN3. The van der Waals surface area contributed by atoms with E-state index in [4.69, 9.17) is 16.9 Å². The number of pyridine rings is 1. The van der Waals surface area contributed by atoms with Crippen molar-refractivity contribution >= 4 is 23.1 Å². The molecule has 23 heavy (non-hydrogen) atoms. The molecule has 3 nitrogen and oxygen atoms in total. The minimum Gasteiger partial charge on any atom is -0.337 e. The van der Waals surface area contributed by atoms with Crippen molar-refractivity contribution in [3.05, 3.63) is 50.9 Å². The lowest BCUT2D eigenvalue weighted by atomic mass is 9.98. The Bertz CT molecular complexity index is 822. The molecule has 4 rings (SSSR count). The fourth-order valence-electron chi connectivity index (χ4n) is 3.72. The zero-order valence-electron chi connectivity index (χ0n) is 12.5. The molecule has 116 valence electrons. The van der Waals surface area contributed by atoms with Gasteiger partial charge in [-0.05, 0) is 66.8 Å². The lowest BCUT2D eigenvalue weighted by Crippen LogP contribution is -2.05. The maximum atomic E-state index is 14.3. The lowest BCUT2D eigenvalue weighted by Gasteiger charge is -2.17. The molecule has 2 aromatic rings. The molecule has 0 aliphatic heterocycles. The zero-order valence-corrected chi connectivity index (χ0v) is 13.3. The Kier molecular flexibility index (Phi) is 3.46. The Morgan fingerprint density at radius 1 is 1.09 bits per heavy atom. The van der Waals surface area contributed by atoms with E-state index in [2.05, 4.69) is 16.4 Å². The van der Waals surface area contributed by atoms with Crippen molar-refractivity contribution in [2.75, 3.05) is 5.32 Å². The Morgan fingerprint density at radius 2 is 1.74 bits per heavy atom. The van der Waals surface area contributed by atoms with Crippen LogP contribution in [0.5, 0.6) is 0 Å². The molecule has 1 aromatic carbocycles. The highest BCUT2D eigenvalue weighted by Crippen LogP contribution is 2.40. The highest BCUT2D eigenvalue weighted by Gasteiger charge is 2.25. The van der Waals surface area contributed by atoms with Gasteiger partial charge in [0, 0.05) is 5.69 Å². The molecule has 0 saturated carbocycles. The van der Waals surface area contributed by atoms with Gasteiger partial charge >= 0.3 is 0 Å².